The minimum atomic E-state index is -0.173. The maximum atomic E-state index is 6.35. The molecule has 4 aromatic carbocycles. The predicted octanol–water partition coefficient (Wildman–Crippen LogP) is 8.28. The quantitative estimate of drug-likeness (QED) is 0.246. The molecule has 190 valence electrons. The van der Waals surface area contributed by atoms with Gasteiger partial charge in [0.05, 0.1) is 38.8 Å². The lowest BCUT2D eigenvalue weighted by Gasteiger charge is -2.40. The molecule has 0 fully saturated rings. The van der Waals surface area contributed by atoms with Crippen LogP contribution in [-0.2, 0) is 0 Å². The normalized spacial score (nSPS) is 15.6. The van der Waals surface area contributed by atoms with Crippen molar-refractivity contribution >= 4 is 57.8 Å². The first-order valence-corrected chi connectivity index (χ1v) is 13.3. The van der Waals surface area contributed by atoms with Gasteiger partial charge >= 0.3 is 0 Å². The molecular weight excluding hydrogens is 527 g/mol. The van der Waals surface area contributed by atoms with Crippen LogP contribution < -0.4 is 10.2 Å². The molecule has 0 bridgehead atoms. The number of aryl methyl sites for hydroxylation is 1. The van der Waals surface area contributed by atoms with E-state index in [-0.39, 0.29) is 6.04 Å². The fourth-order valence-electron chi connectivity index (χ4n) is 5.21. The summed E-state index contributed by atoms with van der Waals surface area (Å²) in [5, 5.41) is 9.39. The molecule has 0 aliphatic carbocycles. The fourth-order valence-corrected chi connectivity index (χ4v) is 5.51. The monoisotopic (exact) mass is 548 g/mol. The summed E-state index contributed by atoms with van der Waals surface area (Å²) in [6, 6.07) is 33.9. The number of benzene rings is 4. The molecule has 0 saturated heterocycles. The van der Waals surface area contributed by atoms with Gasteiger partial charge in [0.15, 0.2) is 17.5 Å². The molecule has 2 aliphatic rings. The number of nitrogens with one attached hydrogen (secondary N) is 1. The Kier molecular flexibility index (Phi) is 5.72. The van der Waals surface area contributed by atoms with Crippen molar-refractivity contribution in [1.29, 1.82) is 0 Å². The van der Waals surface area contributed by atoms with Crippen LogP contribution in [-0.4, -0.2) is 21.5 Å². The van der Waals surface area contributed by atoms with Crippen LogP contribution in [0, 0.1) is 6.92 Å². The summed E-state index contributed by atoms with van der Waals surface area (Å²) in [5.74, 6) is 2.08. The predicted molar refractivity (Wildman–Crippen MR) is 160 cm³/mol. The molecule has 1 atom stereocenters. The van der Waals surface area contributed by atoms with E-state index in [2.05, 4.69) is 40.5 Å². The maximum absolute atomic E-state index is 6.35. The molecule has 8 heteroatoms. The van der Waals surface area contributed by atoms with Gasteiger partial charge < -0.3 is 10.2 Å². The lowest BCUT2D eigenvalue weighted by atomic mass is 9.93. The number of fused-ring (bicyclic) bond motifs is 4. The molecule has 0 unspecified atom stereocenters. The van der Waals surface area contributed by atoms with Gasteiger partial charge in [0.25, 0.3) is 0 Å². The van der Waals surface area contributed by atoms with Gasteiger partial charge in [-0.2, -0.15) is 5.10 Å². The van der Waals surface area contributed by atoms with Gasteiger partial charge in [0.2, 0.25) is 0 Å². The molecule has 39 heavy (non-hydrogen) atoms. The number of amidine groups is 2. The highest BCUT2D eigenvalue weighted by molar-refractivity contribution is 6.52. The van der Waals surface area contributed by atoms with Gasteiger partial charge in [-0.05, 0) is 55.0 Å². The van der Waals surface area contributed by atoms with Crippen molar-refractivity contribution in [3.63, 3.8) is 0 Å². The van der Waals surface area contributed by atoms with Crippen LogP contribution >= 0.6 is 23.2 Å². The topological polar surface area (TPSA) is 57.8 Å². The minimum Gasteiger partial charge on any atom is -0.337 e. The zero-order valence-electron chi connectivity index (χ0n) is 20.9. The third kappa shape index (κ3) is 4.00. The molecule has 5 aromatic rings. The third-order valence-corrected chi connectivity index (χ3v) is 7.68. The fraction of sp³-hybridized carbons (Fsp3) is 0.0645. The Hall–Kier alpha value is -4.39. The van der Waals surface area contributed by atoms with E-state index in [4.69, 9.17) is 38.3 Å². The molecule has 0 spiro atoms. The second-order valence-electron chi connectivity index (χ2n) is 9.39. The zero-order valence-corrected chi connectivity index (χ0v) is 22.4. The second-order valence-corrected chi connectivity index (χ2v) is 10.2. The van der Waals surface area contributed by atoms with Crippen molar-refractivity contribution in [2.75, 3.05) is 10.2 Å². The van der Waals surface area contributed by atoms with Gasteiger partial charge in [0.1, 0.15) is 0 Å². The van der Waals surface area contributed by atoms with Crippen molar-refractivity contribution in [2.45, 2.75) is 13.0 Å². The highest BCUT2D eigenvalue weighted by Gasteiger charge is 2.41. The molecule has 6 nitrogen and oxygen atoms in total. The average Bonchev–Trinajstić information content (AvgIpc) is 3.31. The van der Waals surface area contributed by atoms with Crippen LogP contribution in [0.25, 0.3) is 5.69 Å². The Labute approximate surface area is 235 Å². The number of aromatic nitrogens is 2. The molecule has 1 N–H and O–H groups in total. The average molecular weight is 549 g/mol. The molecular formula is C31H22Cl2N6. The summed E-state index contributed by atoms with van der Waals surface area (Å²) in [6.07, 6.45) is 0. The Morgan fingerprint density at radius 3 is 2.26 bits per heavy atom. The van der Waals surface area contributed by atoms with Gasteiger partial charge in [-0.1, -0.05) is 83.9 Å². The Morgan fingerprint density at radius 2 is 1.49 bits per heavy atom. The minimum absolute atomic E-state index is 0.173. The van der Waals surface area contributed by atoms with Gasteiger partial charge in [-0.25, -0.2) is 14.7 Å². The number of para-hydroxylation sites is 3. The van der Waals surface area contributed by atoms with Crippen molar-refractivity contribution in [3.05, 3.63) is 130 Å². The number of anilines is 2. The van der Waals surface area contributed by atoms with E-state index in [1.807, 2.05) is 72.3 Å². The maximum Gasteiger partial charge on any atom is 0.179 e. The number of hydrogen-bond acceptors (Lipinski definition) is 5. The summed E-state index contributed by atoms with van der Waals surface area (Å²) in [7, 11) is 0. The molecule has 0 radical (unpaired) electrons. The summed E-state index contributed by atoms with van der Waals surface area (Å²) in [6.45, 7) is 2.05. The van der Waals surface area contributed by atoms with Crippen molar-refractivity contribution in [1.82, 2.24) is 9.78 Å². The molecule has 7 rings (SSSR count). The summed E-state index contributed by atoms with van der Waals surface area (Å²) < 4.78 is 1.92. The SMILES string of the molecule is Cc1nn(-c2ccccc2)c2c1[C@@H](c1ccccc1)N1C(=N2)C(Nc2ccc(Cl)c(Cl)c2)=Nc2ccccc21. The van der Waals surface area contributed by atoms with E-state index in [0.717, 1.165) is 45.4 Å². The molecule has 0 saturated carbocycles. The van der Waals surface area contributed by atoms with Gasteiger partial charge in [-0.3, -0.25) is 0 Å². The van der Waals surface area contributed by atoms with Crippen molar-refractivity contribution in [2.24, 2.45) is 9.98 Å². The van der Waals surface area contributed by atoms with Gasteiger partial charge in [-0.15, -0.1) is 0 Å². The molecule has 1 aromatic heterocycles. The van der Waals surface area contributed by atoms with E-state index < -0.39 is 0 Å². The van der Waals surface area contributed by atoms with Crippen LogP contribution in [0.2, 0.25) is 10.0 Å². The van der Waals surface area contributed by atoms with E-state index >= 15 is 0 Å². The van der Waals surface area contributed by atoms with E-state index in [0.29, 0.717) is 21.7 Å². The van der Waals surface area contributed by atoms with Crippen LogP contribution in [0.4, 0.5) is 22.9 Å². The number of halogens is 2. The first kappa shape index (κ1) is 23.7. The van der Waals surface area contributed by atoms with Crippen LogP contribution in [0.15, 0.2) is 113 Å². The number of rotatable bonds is 3. The highest BCUT2D eigenvalue weighted by atomic mass is 35.5. The smallest absolute Gasteiger partial charge is 0.179 e. The molecule has 0 amide bonds. The lowest BCUT2D eigenvalue weighted by molar-refractivity contribution is 0.815. The van der Waals surface area contributed by atoms with E-state index in [9.17, 15) is 0 Å². The standard InChI is InChI=1S/C31H22Cl2N6/c1-19-27-28(20-10-4-2-5-11-20)38-26-15-9-8-14-25(26)35-29(34-21-16-17-23(32)24(33)18-21)31(38)36-30(27)39(37-19)22-12-6-3-7-13-22/h2-18,28H,1H3,(H,34,35)/t28-/m1/s1. The zero-order chi connectivity index (χ0) is 26.5. The lowest BCUT2D eigenvalue weighted by Crippen LogP contribution is -2.46. The Bertz CT molecular complexity index is 1780. The Balaban J connectivity index is 1.49. The number of hydrogen-bond donors (Lipinski definition) is 1. The summed E-state index contributed by atoms with van der Waals surface area (Å²) in [5.41, 5.74) is 6.63. The highest BCUT2D eigenvalue weighted by Crippen LogP contribution is 2.48. The van der Waals surface area contributed by atoms with E-state index in [1.165, 1.54) is 0 Å². The van der Waals surface area contributed by atoms with Crippen LogP contribution in [0.5, 0.6) is 0 Å². The van der Waals surface area contributed by atoms with Crippen molar-refractivity contribution < 1.29 is 0 Å². The number of nitrogens with zero attached hydrogens (tertiary/aromatic N) is 5. The van der Waals surface area contributed by atoms with Gasteiger partial charge in [0, 0.05) is 11.3 Å². The molecule has 3 heterocycles. The first-order valence-electron chi connectivity index (χ1n) is 12.6. The first-order chi connectivity index (χ1) is 19.1. The third-order valence-electron chi connectivity index (χ3n) is 6.94. The summed E-state index contributed by atoms with van der Waals surface area (Å²) >= 11 is 12.5. The van der Waals surface area contributed by atoms with Crippen LogP contribution in [0.1, 0.15) is 22.9 Å². The van der Waals surface area contributed by atoms with Crippen LogP contribution in [0.3, 0.4) is 0 Å². The Morgan fingerprint density at radius 1 is 0.769 bits per heavy atom. The van der Waals surface area contributed by atoms with Crippen molar-refractivity contribution in [3.8, 4) is 5.69 Å². The number of aliphatic imine (C=N–C) groups is 2. The van der Waals surface area contributed by atoms with E-state index in [1.54, 1.807) is 12.1 Å². The summed E-state index contributed by atoms with van der Waals surface area (Å²) in [4.78, 5) is 12.5. The molecule has 2 aliphatic heterocycles. The second kappa shape index (κ2) is 9.42. The largest absolute Gasteiger partial charge is 0.337 e.